The van der Waals surface area contributed by atoms with Crippen molar-refractivity contribution in [1.82, 2.24) is 0 Å². The Balaban J connectivity index is 0.00000289. The van der Waals surface area contributed by atoms with Gasteiger partial charge in [0.05, 0.1) is 4.92 Å². The summed E-state index contributed by atoms with van der Waals surface area (Å²) in [4.78, 5) is 19.9. The standard InChI is InChI=1S/C9H8F2N2O4.ClH/c10-9(11,8(14)15)7(12)5-1-3-6(4-2-5)13(16)17;/h1-4,7H,12H2,(H,14,15);1H/t7-;/m1./s1. The van der Waals surface area contributed by atoms with Gasteiger partial charge in [-0.1, -0.05) is 12.1 Å². The van der Waals surface area contributed by atoms with Gasteiger partial charge in [0.1, 0.15) is 6.04 Å². The molecular weight excluding hydrogens is 274 g/mol. The SMILES string of the molecule is Cl.N[C@H](c1ccc([N+](=O)[O-])cc1)C(F)(F)C(=O)O. The van der Waals surface area contributed by atoms with Crippen LogP contribution in [0.1, 0.15) is 11.6 Å². The van der Waals surface area contributed by atoms with Crippen molar-refractivity contribution in [3.8, 4) is 0 Å². The number of aliphatic carboxylic acids is 1. The molecule has 0 saturated heterocycles. The molecule has 0 aliphatic heterocycles. The fourth-order valence-corrected chi connectivity index (χ4v) is 1.15. The molecule has 1 aromatic rings. The quantitative estimate of drug-likeness (QED) is 0.646. The number of nitro groups is 1. The van der Waals surface area contributed by atoms with E-state index in [0.29, 0.717) is 0 Å². The van der Waals surface area contributed by atoms with Crippen molar-refractivity contribution in [3.63, 3.8) is 0 Å². The van der Waals surface area contributed by atoms with Crippen LogP contribution in [0.2, 0.25) is 0 Å². The number of halogens is 3. The van der Waals surface area contributed by atoms with E-state index in [1.54, 1.807) is 0 Å². The van der Waals surface area contributed by atoms with Crippen LogP contribution < -0.4 is 5.73 Å². The molecule has 0 aliphatic rings. The topological polar surface area (TPSA) is 106 Å². The summed E-state index contributed by atoms with van der Waals surface area (Å²) in [6.45, 7) is 0. The molecule has 100 valence electrons. The van der Waals surface area contributed by atoms with Gasteiger partial charge in [-0.15, -0.1) is 12.4 Å². The van der Waals surface area contributed by atoms with Gasteiger partial charge in [0.15, 0.2) is 0 Å². The lowest BCUT2D eigenvalue weighted by Crippen LogP contribution is -2.40. The molecule has 0 unspecified atom stereocenters. The third-order valence-electron chi connectivity index (χ3n) is 2.14. The van der Waals surface area contributed by atoms with E-state index in [-0.39, 0.29) is 23.7 Å². The number of nitro benzene ring substituents is 1. The van der Waals surface area contributed by atoms with Gasteiger partial charge in [0, 0.05) is 12.1 Å². The molecular formula is C9H9ClF2N2O4. The number of carbonyl (C=O) groups is 1. The summed E-state index contributed by atoms with van der Waals surface area (Å²) in [5.41, 5.74) is 4.62. The lowest BCUT2D eigenvalue weighted by atomic mass is 10.0. The molecule has 0 fully saturated rings. The van der Waals surface area contributed by atoms with Crippen molar-refractivity contribution in [2.45, 2.75) is 12.0 Å². The molecule has 0 amide bonds. The van der Waals surface area contributed by atoms with Crippen LogP contribution in [0, 0.1) is 10.1 Å². The van der Waals surface area contributed by atoms with Crippen LogP contribution in [0.4, 0.5) is 14.5 Å². The molecule has 0 bridgehead atoms. The lowest BCUT2D eigenvalue weighted by Gasteiger charge is -2.19. The first kappa shape index (κ1) is 16.2. The molecule has 3 N–H and O–H groups in total. The van der Waals surface area contributed by atoms with Gasteiger partial charge in [-0.25, -0.2) is 4.79 Å². The minimum atomic E-state index is -4.13. The van der Waals surface area contributed by atoms with E-state index in [2.05, 4.69) is 0 Å². The van der Waals surface area contributed by atoms with Gasteiger partial charge in [-0.3, -0.25) is 10.1 Å². The Morgan fingerprint density at radius 3 is 2.17 bits per heavy atom. The molecule has 1 aromatic carbocycles. The van der Waals surface area contributed by atoms with E-state index in [4.69, 9.17) is 10.8 Å². The number of carboxylic acid groups (broad SMARTS) is 1. The summed E-state index contributed by atoms with van der Waals surface area (Å²) in [5.74, 6) is -6.47. The first-order chi connectivity index (χ1) is 7.76. The largest absolute Gasteiger partial charge is 0.477 e. The molecule has 1 rings (SSSR count). The number of hydrogen-bond donors (Lipinski definition) is 2. The van der Waals surface area contributed by atoms with Crippen LogP contribution in [0.5, 0.6) is 0 Å². The van der Waals surface area contributed by atoms with Crippen molar-refractivity contribution < 1.29 is 23.6 Å². The number of benzene rings is 1. The molecule has 9 heteroatoms. The normalized spacial score (nSPS) is 12.4. The summed E-state index contributed by atoms with van der Waals surface area (Å²) < 4.78 is 26.1. The second-order valence-corrected chi connectivity index (χ2v) is 3.25. The van der Waals surface area contributed by atoms with Gasteiger partial charge in [0.25, 0.3) is 5.69 Å². The smallest absolute Gasteiger partial charge is 0.376 e. The molecule has 1 atom stereocenters. The molecule has 0 heterocycles. The zero-order valence-corrected chi connectivity index (χ0v) is 9.56. The summed E-state index contributed by atoms with van der Waals surface area (Å²) in [6, 6.07) is 1.90. The summed E-state index contributed by atoms with van der Waals surface area (Å²) in [6.07, 6.45) is 0. The average Bonchev–Trinajstić information content (AvgIpc) is 2.27. The van der Waals surface area contributed by atoms with E-state index in [1.165, 1.54) is 0 Å². The van der Waals surface area contributed by atoms with Crippen molar-refractivity contribution >= 4 is 24.1 Å². The highest BCUT2D eigenvalue weighted by atomic mass is 35.5. The van der Waals surface area contributed by atoms with Crippen LogP contribution in [0.15, 0.2) is 24.3 Å². The number of hydrogen-bond acceptors (Lipinski definition) is 4. The maximum atomic E-state index is 13.0. The summed E-state index contributed by atoms with van der Waals surface area (Å²) >= 11 is 0. The highest BCUT2D eigenvalue weighted by molar-refractivity contribution is 5.85. The van der Waals surface area contributed by atoms with E-state index in [9.17, 15) is 23.7 Å². The van der Waals surface area contributed by atoms with Crippen LogP contribution in [0.3, 0.4) is 0 Å². The number of nitrogens with two attached hydrogens (primary N) is 1. The maximum Gasteiger partial charge on any atom is 0.376 e. The molecule has 6 nitrogen and oxygen atoms in total. The van der Waals surface area contributed by atoms with Crippen LogP contribution >= 0.6 is 12.4 Å². The average molecular weight is 283 g/mol. The fourth-order valence-electron chi connectivity index (χ4n) is 1.15. The second kappa shape index (κ2) is 5.69. The molecule has 0 saturated carbocycles. The minimum absolute atomic E-state index is 0. The predicted molar refractivity (Wildman–Crippen MR) is 59.9 cm³/mol. The summed E-state index contributed by atoms with van der Waals surface area (Å²) in [5, 5.41) is 18.6. The summed E-state index contributed by atoms with van der Waals surface area (Å²) in [7, 11) is 0. The van der Waals surface area contributed by atoms with Crippen LogP contribution in [-0.4, -0.2) is 21.9 Å². The van der Waals surface area contributed by atoms with E-state index >= 15 is 0 Å². The maximum absolute atomic E-state index is 13.0. The van der Waals surface area contributed by atoms with Gasteiger partial charge < -0.3 is 10.8 Å². The van der Waals surface area contributed by atoms with Gasteiger partial charge in [-0.05, 0) is 5.56 Å². The Labute approximate surface area is 106 Å². The fraction of sp³-hybridized carbons (Fsp3) is 0.222. The third kappa shape index (κ3) is 3.11. The van der Waals surface area contributed by atoms with Crippen molar-refractivity contribution in [2.75, 3.05) is 0 Å². The van der Waals surface area contributed by atoms with Gasteiger partial charge >= 0.3 is 11.9 Å². The molecule has 0 aliphatic carbocycles. The van der Waals surface area contributed by atoms with Gasteiger partial charge in [-0.2, -0.15) is 8.78 Å². The number of rotatable bonds is 4. The number of nitrogens with zero attached hydrogens (tertiary/aromatic N) is 1. The first-order valence-corrected chi connectivity index (χ1v) is 4.38. The highest BCUT2D eigenvalue weighted by Gasteiger charge is 2.46. The molecule has 0 radical (unpaired) electrons. The zero-order valence-electron chi connectivity index (χ0n) is 8.75. The van der Waals surface area contributed by atoms with Gasteiger partial charge in [0.2, 0.25) is 0 Å². The van der Waals surface area contributed by atoms with E-state index < -0.39 is 22.9 Å². The van der Waals surface area contributed by atoms with Crippen molar-refractivity contribution in [3.05, 3.63) is 39.9 Å². The first-order valence-electron chi connectivity index (χ1n) is 4.38. The van der Waals surface area contributed by atoms with Crippen LogP contribution in [-0.2, 0) is 4.79 Å². The Morgan fingerprint density at radius 1 is 1.39 bits per heavy atom. The third-order valence-corrected chi connectivity index (χ3v) is 2.14. The highest BCUT2D eigenvalue weighted by Crippen LogP contribution is 2.30. The van der Waals surface area contributed by atoms with E-state index in [1.807, 2.05) is 0 Å². The predicted octanol–water partition coefficient (Wildman–Crippen LogP) is 1.74. The molecule has 18 heavy (non-hydrogen) atoms. The molecule has 0 aromatic heterocycles. The zero-order chi connectivity index (χ0) is 13.2. The molecule has 0 spiro atoms. The number of alkyl halides is 2. The lowest BCUT2D eigenvalue weighted by molar-refractivity contribution is -0.384. The minimum Gasteiger partial charge on any atom is -0.477 e. The van der Waals surface area contributed by atoms with Crippen molar-refractivity contribution in [2.24, 2.45) is 5.73 Å². The Bertz CT molecular complexity index is 452. The number of non-ortho nitro benzene ring substituents is 1. The second-order valence-electron chi connectivity index (χ2n) is 3.25. The Hall–Kier alpha value is -1.80. The van der Waals surface area contributed by atoms with E-state index in [0.717, 1.165) is 24.3 Å². The monoisotopic (exact) mass is 282 g/mol. The Morgan fingerprint density at radius 2 is 1.83 bits per heavy atom. The van der Waals surface area contributed by atoms with Crippen molar-refractivity contribution in [1.29, 1.82) is 0 Å². The van der Waals surface area contributed by atoms with Crippen LogP contribution in [0.25, 0.3) is 0 Å². The number of carboxylic acids is 1. The Kier molecular flexibility index (Phi) is 5.12.